The number of hydrogen-bond donors (Lipinski definition) is 0. The highest BCUT2D eigenvalue weighted by molar-refractivity contribution is 5.97. The van der Waals surface area contributed by atoms with E-state index in [1.165, 1.54) is 18.3 Å². The number of carbonyl (C=O) groups is 2. The van der Waals surface area contributed by atoms with Gasteiger partial charge in [0.15, 0.2) is 0 Å². The van der Waals surface area contributed by atoms with Crippen LogP contribution in [0.5, 0.6) is 0 Å². The van der Waals surface area contributed by atoms with Crippen LogP contribution in [0, 0.1) is 0 Å². The average molecular weight is 542 g/mol. The van der Waals surface area contributed by atoms with Gasteiger partial charge in [-0.15, -0.1) is 0 Å². The quantitative estimate of drug-likeness (QED) is 0.312. The molecule has 0 saturated carbocycles. The van der Waals surface area contributed by atoms with Crippen LogP contribution in [0.15, 0.2) is 71.3 Å². The van der Waals surface area contributed by atoms with Gasteiger partial charge < -0.3 is 19.0 Å². The molecule has 0 aliphatic carbocycles. The molecule has 0 unspecified atom stereocenters. The fourth-order valence-electron chi connectivity index (χ4n) is 3.60. The van der Waals surface area contributed by atoms with Crippen molar-refractivity contribution in [2.45, 2.75) is 25.4 Å². The maximum absolute atomic E-state index is 13.3. The molecule has 2 aromatic carbocycles. The van der Waals surface area contributed by atoms with Crippen molar-refractivity contribution >= 4 is 11.8 Å². The Morgan fingerprint density at radius 1 is 0.842 bits per heavy atom. The summed E-state index contributed by atoms with van der Waals surface area (Å²) >= 11 is 0. The average Bonchev–Trinajstić information content (AvgIpc) is 3.38. The molecule has 12 heteroatoms. The molecule has 3 aromatic rings. The Labute approximate surface area is 214 Å². The van der Waals surface area contributed by atoms with Crippen LogP contribution in [-0.2, 0) is 35.0 Å². The number of furan rings is 1. The van der Waals surface area contributed by atoms with Gasteiger partial charge in [-0.25, -0.2) is 0 Å². The zero-order valence-corrected chi connectivity index (χ0v) is 20.2. The number of ether oxygens (including phenoxy) is 1. The van der Waals surface area contributed by atoms with Gasteiger partial charge in [0.1, 0.15) is 12.3 Å². The van der Waals surface area contributed by atoms with Gasteiger partial charge in [0.05, 0.1) is 30.5 Å². The highest BCUT2D eigenvalue weighted by Gasteiger charge is 2.38. The molecule has 0 bridgehead atoms. The SMILES string of the molecule is COCCN(CC(=O)N(Cc1ccccc1)Cc1ccco1)C(=O)c1cc(C(F)(F)F)cc(C(F)(F)F)c1. The summed E-state index contributed by atoms with van der Waals surface area (Å²) in [6.45, 7) is -0.837. The second kappa shape index (κ2) is 12.2. The predicted octanol–water partition coefficient (Wildman–Crippen LogP) is 5.63. The number of nitrogens with zero attached hydrogens (tertiary/aromatic N) is 2. The highest BCUT2D eigenvalue weighted by atomic mass is 19.4. The van der Waals surface area contributed by atoms with Crippen LogP contribution in [0.3, 0.4) is 0 Å². The van der Waals surface area contributed by atoms with E-state index in [1.54, 1.807) is 42.5 Å². The lowest BCUT2D eigenvalue weighted by molar-refractivity contribution is -0.143. The van der Waals surface area contributed by atoms with Gasteiger partial charge in [-0.3, -0.25) is 9.59 Å². The number of alkyl halides is 6. The Balaban J connectivity index is 1.92. The number of amides is 2. The first-order chi connectivity index (χ1) is 17.9. The molecule has 38 heavy (non-hydrogen) atoms. The standard InChI is InChI=1S/C26H24F6N2O4/c1-37-11-9-33(24(36)19-12-20(25(27,28)29)14-21(13-19)26(30,31)32)17-23(35)34(16-22-8-5-10-38-22)15-18-6-3-2-4-7-18/h2-8,10,12-14H,9,11,15-17H2,1H3. The molecule has 1 heterocycles. The summed E-state index contributed by atoms with van der Waals surface area (Å²) in [6.07, 6.45) is -8.83. The largest absolute Gasteiger partial charge is 0.467 e. The van der Waals surface area contributed by atoms with Crippen molar-refractivity contribution in [1.82, 2.24) is 9.80 Å². The van der Waals surface area contributed by atoms with E-state index in [-0.39, 0.29) is 32.3 Å². The molecular formula is C26H24F6N2O4. The van der Waals surface area contributed by atoms with Crippen LogP contribution in [0.1, 0.15) is 32.8 Å². The molecule has 6 nitrogen and oxygen atoms in total. The van der Waals surface area contributed by atoms with E-state index < -0.39 is 47.4 Å². The molecule has 0 aliphatic heterocycles. The lowest BCUT2D eigenvalue weighted by Gasteiger charge is -2.28. The summed E-state index contributed by atoms with van der Waals surface area (Å²) in [7, 11) is 1.30. The molecule has 0 radical (unpaired) electrons. The van der Waals surface area contributed by atoms with Gasteiger partial charge >= 0.3 is 12.4 Å². The second-order valence-corrected chi connectivity index (χ2v) is 8.33. The lowest BCUT2D eigenvalue weighted by Crippen LogP contribution is -2.43. The van der Waals surface area contributed by atoms with E-state index in [0.29, 0.717) is 17.9 Å². The topological polar surface area (TPSA) is 63.0 Å². The van der Waals surface area contributed by atoms with Crippen LogP contribution in [-0.4, -0.2) is 48.4 Å². The number of carbonyl (C=O) groups excluding carboxylic acids is 2. The van der Waals surface area contributed by atoms with Crippen LogP contribution in [0.2, 0.25) is 0 Å². The normalized spacial score (nSPS) is 11.9. The minimum absolute atomic E-state index is 0.0226. The summed E-state index contributed by atoms with van der Waals surface area (Å²) < 4.78 is 90.2. The maximum atomic E-state index is 13.3. The Hall–Kier alpha value is -3.80. The summed E-state index contributed by atoms with van der Waals surface area (Å²) in [5, 5.41) is 0. The third-order valence-corrected chi connectivity index (χ3v) is 5.51. The van der Waals surface area contributed by atoms with Crippen molar-refractivity contribution in [3.63, 3.8) is 0 Å². The van der Waals surface area contributed by atoms with Crippen molar-refractivity contribution in [2.75, 3.05) is 26.8 Å². The third-order valence-electron chi connectivity index (χ3n) is 5.51. The monoisotopic (exact) mass is 542 g/mol. The molecule has 0 atom stereocenters. The minimum atomic E-state index is -5.13. The lowest BCUT2D eigenvalue weighted by atomic mass is 10.0. The smallest absolute Gasteiger partial charge is 0.416 e. The van der Waals surface area contributed by atoms with Crippen LogP contribution in [0.25, 0.3) is 0 Å². The molecule has 2 amide bonds. The Morgan fingerprint density at radius 2 is 1.47 bits per heavy atom. The highest BCUT2D eigenvalue weighted by Crippen LogP contribution is 2.36. The molecule has 1 aromatic heterocycles. The van der Waals surface area contributed by atoms with Crippen LogP contribution < -0.4 is 0 Å². The fraction of sp³-hybridized carbons (Fsp3) is 0.308. The summed E-state index contributed by atoms with van der Waals surface area (Å²) in [6, 6.07) is 12.8. The zero-order chi connectivity index (χ0) is 27.9. The minimum Gasteiger partial charge on any atom is -0.467 e. The molecule has 0 aliphatic rings. The van der Waals surface area contributed by atoms with Gasteiger partial charge in [-0.05, 0) is 35.9 Å². The number of halogens is 6. The van der Waals surface area contributed by atoms with E-state index in [0.717, 1.165) is 10.5 Å². The third kappa shape index (κ3) is 7.85. The van der Waals surface area contributed by atoms with E-state index in [4.69, 9.17) is 9.15 Å². The maximum Gasteiger partial charge on any atom is 0.416 e. The Morgan fingerprint density at radius 3 is 2.00 bits per heavy atom. The van der Waals surface area contributed by atoms with Crippen molar-refractivity contribution in [3.8, 4) is 0 Å². The first kappa shape index (κ1) is 28.8. The van der Waals surface area contributed by atoms with E-state index in [9.17, 15) is 35.9 Å². The van der Waals surface area contributed by atoms with Crippen molar-refractivity contribution < 1.29 is 45.1 Å². The van der Waals surface area contributed by atoms with E-state index >= 15 is 0 Å². The van der Waals surface area contributed by atoms with Crippen molar-refractivity contribution in [3.05, 3.63) is 94.9 Å². The molecule has 0 spiro atoms. The Kier molecular flexibility index (Phi) is 9.21. The van der Waals surface area contributed by atoms with Gasteiger partial charge in [-0.1, -0.05) is 30.3 Å². The van der Waals surface area contributed by atoms with Gasteiger partial charge in [-0.2, -0.15) is 26.3 Å². The van der Waals surface area contributed by atoms with Crippen molar-refractivity contribution in [2.24, 2.45) is 0 Å². The molecule has 0 fully saturated rings. The molecule has 0 saturated heterocycles. The van der Waals surface area contributed by atoms with Crippen LogP contribution in [0.4, 0.5) is 26.3 Å². The number of methoxy groups -OCH3 is 1. The summed E-state index contributed by atoms with van der Waals surface area (Å²) in [5.74, 6) is -1.33. The fourth-order valence-corrected chi connectivity index (χ4v) is 3.60. The number of benzene rings is 2. The van der Waals surface area contributed by atoms with E-state index in [1.807, 2.05) is 0 Å². The predicted molar refractivity (Wildman–Crippen MR) is 124 cm³/mol. The second-order valence-electron chi connectivity index (χ2n) is 8.33. The molecule has 3 rings (SSSR count). The summed E-state index contributed by atoms with van der Waals surface area (Å²) in [5.41, 5.74) is -3.35. The van der Waals surface area contributed by atoms with Gasteiger partial charge in [0.25, 0.3) is 5.91 Å². The number of rotatable bonds is 10. The van der Waals surface area contributed by atoms with Crippen molar-refractivity contribution in [1.29, 1.82) is 0 Å². The number of hydrogen-bond acceptors (Lipinski definition) is 4. The zero-order valence-electron chi connectivity index (χ0n) is 20.2. The van der Waals surface area contributed by atoms with Gasteiger partial charge in [0.2, 0.25) is 5.91 Å². The Bertz CT molecular complexity index is 1180. The van der Waals surface area contributed by atoms with Gasteiger partial charge in [0, 0.05) is 25.8 Å². The first-order valence-electron chi connectivity index (χ1n) is 11.3. The molecular weight excluding hydrogens is 518 g/mol. The molecule has 0 N–H and O–H groups in total. The first-order valence-corrected chi connectivity index (χ1v) is 11.3. The van der Waals surface area contributed by atoms with Crippen LogP contribution >= 0.6 is 0 Å². The van der Waals surface area contributed by atoms with E-state index in [2.05, 4.69) is 0 Å². The molecule has 204 valence electrons. The summed E-state index contributed by atoms with van der Waals surface area (Å²) in [4.78, 5) is 28.7.